The summed E-state index contributed by atoms with van der Waals surface area (Å²) < 4.78 is 16.0. The number of nitrogens with one attached hydrogen (secondary N) is 3. The van der Waals surface area contributed by atoms with Gasteiger partial charge in [-0.15, -0.1) is 0 Å². The van der Waals surface area contributed by atoms with E-state index < -0.39 is 35.3 Å². The summed E-state index contributed by atoms with van der Waals surface area (Å²) in [6.07, 6.45) is -1.51. The molecule has 0 bridgehead atoms. The lowest BCUT2D eigenvalue weighted by Crippen LogP contribution is -2.46. The number of rotatable bonds is 6. The predicted octanol–water partition coefficient (Wildman–Crippen LogP) is 2.48. The lowest BCUT2D eigenvalue weighted by atomic mass is 10.0. The third-order valence-electron chi connectivity index (χ3n) is 3.88. The zero-order valence-corrected chi connectivity index (χ0v) is 19.0. The second kappa shape index (κ2) is 10.2. The number of halogens is 1. The Morgan fingerprint density at radius 2 is 1.61 bits per heavy atom. The molecule has 2 rings (SSSR count). The summed E-state index contributed by atoms with van der Waals surface area (Å²) in [6.45, 7) is 6.94. The Balaban J connectivity index is 2.31. The number of hydrogen-bond acceptors (Lipinski definition) is 9. The van der Waals surface area contributed by atoms with Crippen LogP contribution in [0.25, 0.3) is 0 Å². The number of anilines is 1. The summed E-state index contributed by atoms with van der Waals surface area (Å²) in [5, 5.41) is 7.52. The van der Waals surface area contributed by atoms with Crippen LogP contribution in [0.2, 0.25) is 0 Å². The van der Waals surface area contributed by atoms with E-state index in [1.54, 1.807) is 26.0 Å². The molecule has 0 aliphatic carbocycles. The van der Waals surface area contributed by atoms with Crippen molar-refractivity contribution in [3.05, 3.63) is 22.2 Å². The van der Waals surface area contributed by atoms with Crippen LogP contribution in [0.15, 0.2) is 21.7 Å². The maximum Gasteiger partial charge on any atom is 0.414 e. The van der Waals surface area contributed by atoms with Crippen LogP contribution in [0.4, 0.5) is 15.3 Å². The van der Waals surface area contributed by atoms with Crippen LogP contribution >= 0.6 is 15.9 Å². The maximum atomic E-state index is 12.4. The summed E-state index contributed by atoms with van der Waals surface area (Å²) in [7, 11) is 0. The third kappa shape index (κ3) is 6.41. The van der Waals surface area contributed by atoms with E-state index in [0.717, 1.165) is 10.0 Å². The van der Waals surface area contributed by atoms with E-state index in [4.69, 9.17) is 4.74 Å². The molecule has 31 heavy (non-hydrogen) atoms. The van der Waals surface area contributed by atoms with Crippen molar-refractivity contribution in [1.29, 1.82) is 0 Å². The van der Waals surface area contributed by atoms with Crippen molar-refractivity contribution in [2.45, 2.75) is 39.7 Å². The van der Waals surface area contributed by atoms with Crippen molar-refractivity contribution in [1.82, 2.24) is 10.6 Å². The molecule has 1 heterocycles. The maximum absolute atomic E-state index is 12.4. The van der Waals surface area contributed by atoms with Gasteiger partial charge < -0.3 is 14.2 Å². The summed E-state index contributed by atoms with van der Waals surface area (Å²) >= 11 is 3.47. The number of carbonyl (C=O) groups is 4. The van der Waals surface area contributed by atoms with Crippen molar-refractivity contribution in [3.8, 4) is 5.75 Å². The van der Waals surface area contributed by atoms with Crippen LogP contribution in [0.5, 0.6) is 5.75 Å². The molecule has 11 nitrogen and oxygen atoms in total. The van der Waals surface area contributed by atoms with Gasteiger partial charge in [0, 0.05) is 16.5 Å². The van der Waals surface area contributed by atoms with Gasteiger partial charge in [-0.2, -0.15) is 5.10 Å². The molecule has 3 N–H and O–H groups in total. The van der Waals surface area contributed by atoms with E-state index in [0.29, 0.717) is 17.9 Å². The molecule has 1 aliphatic heterocycles. The van der Waals surface area contributed by atoms with Gasteiger partial charge in [0.05, 0.1) is 18.9 Å². The minimum Gasteiger partial charge on any atom is -0.485 e. The number of carbonyl (C=O) groups excluding carboxylic acids is 4. The molecule has 0 atom stereocenters. The number of hydrogen-bond donors (Lipinski definition) is 3. The quantitative estimate of drug-likeness (QED) is 0.308. The van der Waals surface area contributed by atoms with Crippen LogP contribution < -0.4 is 20.8 Å². The smallest absolute Gasteiger partial charge is 0.414 e. The van der Waals surface area contributed by atoms with Crippen molar-refractivity contribution >= 4 is 51.3 Å². The first-order valence-electron chi connectivity index (χ1n) is 9.38. The number of hydrazone groups is 1. The Morgan fingerprint density at radius 1 is 1.06 bits per heavy atom. The molecule has 4 amide bonds. The normalized spacial score (nSPS) is 13.2. The number of nitrogens with zero attached hydrogens (tertiary/aromatic N) is 1. The molecule has 168 valence electrons. The SMILES string of the molecule is CCOC(=O)NC(=O)C(=NNc1ccc(Br)c2c1OC(C)(C)C2)C(=O)NC(=O)OCC. The minimum atomic E-state index is -1.18. The lowest BCUT2D eigenvalue weighted by Gasteiger charge is -2.18. The summed E-state index contributed by atoms with van der Waals surface area (Å²) in [5.41, 5.74) is 2.61. The molecule has 1 aromatic carbocycles. The molecule has 12 heteroatoms. The van der Waals surface area contributed by atoms with Gasteiger partial charge in [0.1, 0.15) is 11.4 Å². The Bertz CT molecular complexity index is 896. The fourth-order valence-electron chi connectivity index (χ4n) is 2.67. The second-order valence-electron chi connectivity index (χ2n) is 6.86. The standard InChI is InChI=1S/C19H23BrN4O7/c1-5-29-17(27)21-15(25)13(16(26)22-18(28)30-6-2)24-23-12-8-7-11(20)10-9-19(3,4)31-14(10)12/h7-8,23H,5-6,9H2,1-4H3,(H,21,25,27)(H,22,26,28). The van der Waals surface area contributed by atoms with E-state index in [1.165, 1.54) is 0 Å². The number of imide groups is 2. The highest BCUT2D eigenvalue weighted by Gasteiger charge is 2.34. The van der Waals surface area contributed by atoms with Crippen LogP contribution in [0.3, 0.4) is 0 Å². The Kier molecular flexibility index (Phi) is 7.97. The van der Waals surface area contributed by atoms with Crippen LogP contribution in [-0.2, 0) is 25.5 Å². The largest absolute Gasteiger partial charge is 0.485 e. The molecule has 0 aromatic heterocycles. The average molecular weight is 499 g/mol. The molecule has 0 radical (unpaired) electrons. The van der Waals surface area contributed by atoms with Gasteiger partial charge in [-0.25, -0.2) is 9.59 Å². The minimum absolute atomic E-state index is 0.0109. The Hall–Kier alpha value is -3.15. The van der Waals surface area contributed by atoms with Gasteiger partial charge in [-0.05, 0) is 39.8 Å². The number of alkyl carbamates (subject to hydrolysis) is 2. The van der Waals surface area contributed by atoms with E-state index in [1.807, 2.05) is 24.5 Å². The first-order chi connectivity index (χ1) is 14.6. The highest BCUT2D eigenvalue weighted by atomic mass is 79.9. The monoisotopic (exact) mass is 498 g/mol. The molecular formula is C19H23BrN4O7. The van der Waals surface area contributed by atoms with Gasteiger partial charge in [0.25, 0.3) is 11.8 Å². The number of benzene rings is 1. The fourth-order valence-corrected chi connectivity index (χ4v) is 3.12. The molecule has 1 aliphatic rings. The van der Waals surface area contributed by atoms with Gasteiger partial charge in [0.15, 0.2) is 0 Å². The topological polar surface area (TPSA) is 144 Å². The van der Waals surface area contributed by atoms with Gasteiger partial charge in [-0.1, -0.05) is 15.9 Å². The van der Waals surface area contributed by atoms with E-state index in [9.17, 15) is 19.2 Å². The molecule has 0 saturated heterocycles. The zero-order chi connectivity index (χ0) is 23.2. The van der Waals surface area contributed by atoms with Crippen LogP contribution in [0.1, 0.15) is 33.3 Å². The molecule has 0 spiro atoms. The van der Waals surface area contributed by atoms with Crippen LogP contribution in [0, 0.1) is 0 Å². The van der Waals surface area contributed by atoms with Crippen molar-refractivity contribution in [3.63, 3.8) is 0 Å². The van der Waals surface area contributed by atoms with Crippen LogP contribution in [-0.4, -0.2) is 48.5 Å². The first kappa shape index (κ1) is 24.1. The summed E-state index contributed by atoms with van der Waals surface area (Å²) in [4.78, 5) is 47.9. The van der Waals surface area contributed by atoms with Crippen molar-refractivity contribution in [2.24, 2.45) is 5.10 Å². The fraction of sp³-hybridized carbons (Fsp3) is 0.421. The molecular weight excluding hydrogens is 476 g/mol. The second-order valence-corrected chi connectivity index (χ2v) is 7.72. The molecule has 0 fully saturated rings. The number of ether oxygens (including phenoxy) is 3. The first-order valence-corrected chi connectivity index (χ1v) is 10.2. The highest BCUT2D eigenvalue weighted by Crippen LogP contribution is 2.44. The van der Waals surface area contributed by atoms with Crippen molar-refractivity contribution in [2.75, 3.05) is 18.6 Å². The van der Waals surface area contributed by atoms with Crippen molar-refractivity contribution < 1.29 is 33.4 Å². The van der Waals surface area contributed by atoms with Gasteiger partial charge in [0.2, 0.25) is 5.71 Å². The summed E-state index contributed by atoms with van der Waals surface area (Å²) in [5.74, 6) is -1.86. The van der Waals surface area contributed by atoms with E-state index in [2.05, 4.69) is 35.9 Å². The summed E-state index contributed by atoms with van der Waals surface area (Å²) in [6, 6.07) is 3.40. The predicted molar refractivity (Wildman–Crippen MR) is 114 cm³/mol. The number of fused-ring (bicyclic) bond motifs is 1. The van der Waals surface area contributed by atoms with E-state index >= 15 is 0 Å². The molecule has 1 aromatic rings. The van der Waals surface area contributed by atoms with E-state index in [-0.39, 0.29) is 13.2 Å². The van der Waals surface area contributed by atoms with Gasteiger partial charge >= 0.3 is 12.2 Å². The average Bonchev–Trinajstić information content (AvgIpc) is 3.00. The lowest BCUT2D eigenvalue weighted by molar-refractivity contribution is -0.118. The molecule has 0 unspecified atom stereocenters. The Morgan fingerprint density at radius 3 is 2.13 bits per heavy atom. The Labute approximate surface area is 187 Å². The third-order valence-corrected chi connectivity index (χ3v) is 4.63. The zero-order valence-electron chi connectivity index (χ0n) is 17.5. The highest BCUT2D eigenvalue weighted by molar-refractivity contribution is 9.10. The number of amides is 4. The van der Waals surface area contributed by atoms with Gasteiger partial charge in [-0.3, -0.25) is 25.6 Å². The molecule has 0 saturated carbocycles.